The second-order valence-electron chi connectivity index (χ2n) is 18.6. The van der Waals surface area contributed by atoms with Gasteiger partial charge in [-0.25, -0.2) is 0 Å². The van der Waals surface area contributed by atoms with Gasteiger partial charge >= 0.3 is 0 Å². The van der Waals surface area contributed by atoms with Gasteiger partial charge in [0.1, 0.15) is 0 Å². The van der Waals surface area contributed by atoms with Crippen LogP contribution in [0, 0.1) is 0 Å². The summed E-state index contributed by atoms with van der Waals surface area (Å²) in [5.74, 6) is 0.596. The van der Waals surface area contributed by atoms with Gasteiger partial charge in [-0.2, -0.15) is 0 Å². The number of para-hydroxylation sites is 1. The molecule has 5 aromatic rings. The molecule has 1 aliphatic carbocycles. The van der Waals surface area contributed by atoms with Crippen LogP contribution in [0.25, 0.3) is 0 Å². The number of fused-ring (bicyclic) bond motifs is 4. The largest absolute Gasteiger partial charge is 0.311 e. The molecule has 0 unspecified atom stereocenters. The molecule has 0 radical (unpaired) electrons. The molecule has 2 aliphatic heterocycles. The smallest absolute Gasteiger partial charge is 0.252 e. The molecule has 2 heterocycles. The topological polar surface area (TPSA) is 6.48 Å². The van der Waals surface area contributed by atoms with E-state index in [2.05, 4.69) is 172 Å². The quantitative estimate of drug-likeness (QED) is 0.158. The zero-order valence-electron chi connectivity index (χ0n) is 32.4. The molecule has 3 aliphatic rings. The summed E-state index contributed by atoms with van der Waals surface area (Å²) >= 11 is 0. The van der Waals surface area contributed by atoms with Crippen LogP contribution < -0.4 is 41.7 Å². The van der Waals surface area contributed by atoms with Gasteiger partial charge in [-0.05, 0) is 89.2 Å². The van der Waals surface area contributed by atoms with Crippen molar-refractivity contribution in [1.82, 2.24) is 0 Å². The third-order valence-electron chi connectivity index (χ3n) is 11.9. The summed E-state index contributed by atoms with van der Waals surface area (Å²) < 4.78 is 0. The summed E-state index contributed by atoms with van der Waals surface area (Å²) in [6.45, 7) is 22.3. The minimum absolute atomic E-state index is 0.174. The summed E-state index contributed by atoms with van der Waals surface area (Å²) in [6.07, 6.45) is 6.58. The molecule has 51 heavy (non-hydrogen) atoms. The van der Waals surface area contributed by atoms with Crippen molar-refractivity contribution in [2.75, 3.05) is 9.80 Å². The molecule has 0 spiro atoms. The molecule has 8 rings (SSSR count). The molecule has 0 aromatic heterocycles. The van der Waals surface area contributed by atoms with Gasteiger partial charge in [0.05, 0.1) is 24.2 Å². The second kappa shape index (κ2) is 12.5. The van der Waals surface area contributed by atoms with Crippen molar-refractivity contribution in [2.24, 2.45) is 0 Å². The number of hydrogen-bond donors (Lipinski definition) is 0. The molecule has 5 aromatic carbocycles. The lowest BCUT2D eigenvalue weighted by Gasteiger charge is -2.45. The van der Waals surface area contributed by atoms with E-state index in [0.717, 1.165) is 0 Å². The van der Waals surface area contributed by atoms with E-state index in [9.17, 15) is 0 Å². The van der Waals surface area contributed by atoms with Crippen LogP contribution in [0.2, 0.25) is 58.9 Å². The molecular weight excluding hydrogens is 664 g/mol. The Kier molecular flexibility index (Phi) is 8.47. The average molecular weight is 719 g/mol. The highest BCUT2D eigenvalue weighted by atomic mass is 28.3. The monoisotopic (exact) mass is 718 g/mol. The number of benzene rings is 5. The normalized spacial score (nSPS) is 16.1. The lowest BCUT2D eigenvalue weighted by Crippen LogP contribution is -2.62. The highest BCUT2D eigenvalue weighted by Crippen LogP contribution is 2.46. The zero-order valence-corrected chi connectivity index (χ0v) is 35.4. The number of nitrogens with zero attached hydrogens (tertiary/aromatic N) is 2. The van der Waals surface area contributed by atoms with Gasteiger partial charge in [0, 0.05) is 34.1 Å². The fourth-order valence-electron chi connectivity index (χ4n) is 8.89. The van der Waals surface area contributed by atoms with E-state index in [1.54, 1.807) is 0 Å². The fourth-order valence-corrected chi connectivity index (χ4v) is 12.4. The van der Waals surface area contributed by atoms with E-state index >= 15 is 0 Å². The summed E-state index contributed by atoms with van der Waals surface area (Å²) in [5, 5.41) is 4.55. The van der Waals surface area contributed by atoms with Gasteiger partial charge in [-0.3, -0.25) is 0 Å². The van der Waals surface area contributed by atoms with Crippen LogP contribution in [0.4, 0.5) is 34.1 Å². The molecule has 0 amide bonds. The number of hydrogen-bond acceptors (Lipinski definition) is 2. The average Bonchev–Trinajstić information content (AvgIpc) is 3.10. The minimum atomic E-state index is -1.58. The SMILES string of the molecule is C[Si](C)(C)c1ccc(N2c3ccccc3B3c4cc([Si](C)(C)C)ccc4N(c4ccc([Si](C)(C)C)cc4)c4cc(C5CCCCC5)cc2c43)cc1. The van der Waals surface area contributed by atoms with Crippen LogP contribution in [0.3, 0.4) is 0 Å². The third-order valence-corrected chi connectivity index (χ3v) is 18.1. The predicted molar refractivity (Wildman–Crippen MR) is 235 cm³/mol. The van der Waals surface area contributed by atoms with Gasteiger partial charge in [0.2, 0.25) is 0 Å². The van der Waals surface area contributed by atoms with Gasteiger partial charge < -0.3 is 9.80 Å². The minimum Gasteiger partial charge on any atom is -0.311 e. The van der Waals surface area contributed by atoms with E-state index in [4.69, 9.17) is 0 Å². The van der Waals surface area contributed by atoms with E-state index in [1.165, 1.54) is 104 Å². The Morgan fingerprint density at radius 1 is 0.471 bits per heavy atom. The highest BCUT2D eigenvalue weighted by molar-refractivity contribution is 7.01. The van der Waals surface area contributed by atoms with Crippen molar-refractivity contribution in [3.8, 4) is 0 Å². The van der Waals surface area contributed by atoms with Crippen molar-refractivity contribution in [2.45, 2.75) is 96.9 Å². The predicted octanol–water partition coefficient (Wildman–Crippen LogP) is 9.45. The van der Waals surface area contributed by atoms with Gasteiger partial charge in [-0.15, -0.1) is 0 Å². The first-order chi connectivity index (χ1) is 24.2. The third kappa shape index (κ3) is 6.11. The lowest BCUT2D eigenvalue weighted by molar-refractivity contribution is 0.444. The van der Waals surface area contributed by atoms with Crippen LogP contribution in [0.15, 0.2) is 103 Å². The van der Waals surface area contributed by atoms with Crippen molar-refractivity contribution < 1.29 is 0 Å². The van der Waals surface area contributed by atoms with Crippen molar-refractivity contribution in [3.63, 3.8) is 0 Å². The van der Waals surface area contributed by atoms with Crippen molar-refractivity contribution in [3.05, 3.63) is 109 Å². The number of anilines is 6. The Bertz CT molecular complexity index is 2080. The van der Waals surface area contributed by atoms with Gasteiger partial charge in [-0.1, -0.05) is 148 Å². The van der Waals surface area contributed by atoms with Crippen molar-refractivity contribution >= 4 is 97.0 Å². The van der Waals surface area contributed by atoms with Crippen molar-refractivity contribution in [1.29, 1.82) is 0 Å². The van der Waals surface area contributed by atoms with Crippen LogP contribution >= 0.6 is 0 Å². The standard InChI is InChI=1S/C45H55BN2Si3/c1-49(2,3)36-23-19-34(20-24-36)47-41-18-14-13-17-39(41)46-40-31-38(51(7,8)9)27-28-42(40)48(35-21-25-37(26-22-35)50(4,5)6)44-30-33(29-43(47)45(44)46)32-15-11-10-12-16-32/h13-14,17-32H,10-12,15-16H2,1-9H3. The molecule has 260 valence electrons. The van der Waals surface area contributed by atoms with Gasteiger partial charge in [0.15, 0.2) is 0 Å². The van der Waals surface area contributed by atoms with E-state index in [-0.39, 0.29) is 6.71 Å². The second-order valence-corrected chi connectivity index (χ2v) is 33.8. The van der Waals surface area contributed by atoms with E-state index < -0.39 is 24.2 Å². The van der Waals surface area contributed by atoms with Crippen LogP contribution in [0.1, 0.15) is 43.6 Å². The zero-order chi connectivity index (χ0) is 35.9. The molecule has 1 fully saturated rings. The summed E-state index contributed by atoms with van der Waals surface area (Å²) in [5.41, 5.74) is 13.7. The molecule has 2 nitrogen and oxygen atoms in total. The Labute approximate surface area is 311 Å². The maximum Gasteiger partial charge on any atom is 0.252 e. The molecular formula is C45H55BN2Si3. The van der Waals surface area contributed by atoms with E-state index in [1.807, 2.05) is 0 Å². The van der Waals surface area contributed by atoms with Crippen LogP contribution in [-0.2, 0) is 0 Å². The number of rotatable bonds is 6. The van der Waals surface area contributed by atoms with Gasteiger partial charge in [0.25, 0.3) is 6.71 Å². The fraction of sp³-hybridized carbons (Fsp3) is 0.333. The summed E-state index contributed by atoms with van der Waals surface area (Å²) in [7, 11) is -4.47. The first kappa shape index (κ1) is 34.5. The van der Waals surface area contributed by atoms with E-state index in [0.29, 0.717) is 5.92 Å². The Morgan fingerprint density at radius 2 is 0.941 bits per heavy atom. The molecule has 0 atom stereocenters. The lowest BCUT2D eigenvalue weighted by atomic mass is 9.33. The summed E-state index contributed by atoms with van der Waals surface area (Å²) in [6, 6.07) is 41.3. The highest BCUT2D eigenvalue weighted by Gasteiger charge is 2.44. The Balaban J connectivity index is 1.44. The molecule has 6 heteroatoms. The first-order valence-electron chi connectivity index (χ1n) is 19.4. The molecule has 0 N–H and O–H groups in total. The van der Waals surface area contributed by atoms with Crippen LogP contribution in [0.5, 0.6) is 0 Å². The molecule has 0 saturated heterocycles. The Hall–Kier alpha value is -3.58. The Morgan fingerprint density at radius 3 is 1.45 bits per heavy atom. The maximum atomic E-state index is 2.64. The summed E-state index contributed by atoms with van der Waals surface area (Å²) in [4.78, 5) is 5.25. The van der Waals surface area contributed by atoms with Crippen LogP contribution in [-0.4, -0.2) is 30.9 Å². The molecule has 1 saturated carbocycles. The molecule has 0 bridgehead atoms. The first-order valence-corrected chi connectivity index (χ1v) is 29.9. The maximum absolute atomic E-state index is 2.64.